The van der Waals surface area contributed by atoms with Crippen molar-refractivity contribution in [3.63, 3.8) is 0 Å². The van der Waals surface area contributed by atoms with E-state index in [1.54, 1.807) is 0 Å². The normalized spacial score (nSPS) is 19.2. The van der Waals surface area contributed by atoms with Crippen LogP contribution >= 0.6 is 22.6 Å². The van der Waals surface area contributed by atoms with Crippen LogP contribution in [0.2, 0.25) is 0 Å². The summed E-state index contributed by atoms with van der Waals surface area (Å²) in [4.78, 5) is 2.35. The first kappa shape index (κ1) is 15.5. The van der Waals surface area contributed by atoms with Crippen molar-refractivity contribution in [3.8, 4) is 0 Å². The average Bonchev–Trinajstić information content (AvgIpc) is 3.05. The van der Waals surface area contributed by atoms with Gasteiger partial charge in [0.1, 0.15) is 4.05 Å². The highest BCUT2D eigenvalue weighted by molar-refractivity contribution is 14.1. The fraction of sp³-hybridized carbons (Fsp3) is 0.375. The summed E-state index contributed by atoms with van der Waals surface area (Å²) in [6, 6.07) is 13.0. The Bertz CT molecular complexity index is 606. The number of benzene rings is 1. The maximum atomic E-state index is 4.21. The molecule has 1 fully saturated rings. The molecular formula is C16H20IN5. The number of aromatic nitrogens is 2. The van der Waals surface area contributed by atoms with Gasteiger partial charge in [0.2, 0.25) is 0 Å². The Labute approximate surface area is 144 Å². The number of nitrogens with zero attached hydrogens (tertiary/aromatic N) is 3. The largest absolute Gasteiger partial charge is 0.369 e. The second-order valence-corrected chi connectivity index (χ2v) is 6.68. The third-order valence-corrected chi connectivity index (χ3v) is 5.00. The minimum Gasteiger partial charge on any atom is -0.369 e. The molecule has 5 nitrogen and oxygen atoms in total. The molecule has 22 heavy (non-hydrogen) atoms. The molecule has 0 aliphatic carbocycles. The van der Waals surface area contributed by atoms with Crippen LogP contribution in [-0.4, -0.2) is 36.4 Å². The van der Waals surface area contributed by atoms with E-state index in [9.17, 15) is 0 Å². The van der Waals surface area contributed by atoms with E-state index in [1.165, 1.54) is 12.0 Å². The zero-order valence-electron chi connectivity index (χ0n) is 12.5. The van der Waals surface area contributed by atoms with Crippen molar-refractivity contribution in [1.29, 1.82) is 0 Å². The van der Waals surface area contributed by atoms with Crippen LogP contribution in [0.15, 0.2) is 42.6 Å². The lowest BCUT2D eigenvalue weighted by Crippen LogP contribution is -2.29. The van der Waals surface area contributed by atoms with E-state index in [0.717, 1.165) is 24.6 Å². The maximum Gasteiger partial charge on any atom is 0.151 e. The number of anilines is 2. The quantitative estimate of drug-likeness (QED) is 0.452. The third kappa shape index (κ3) is 3.67. The van der Waals surface area contributed by atoms with Gasteiger partial charge in [0.15, 0.2) is 5.82 Å². The summed E-state index contributed by atoms with van der Waals surface area (Å²) in [7, 11) is 2.02. The molecule has 2 N–H and O–H groups in total. The monoisotopic (exact) mass is 409 g/mol. The minimum atomic E-state index is 0.173. The van der Waals surface area contributed by atoms with Crippen molar-refractivity contribution < 1.29 is 0 Å². The Kier molecular flexibility index (Phi) is 5.09. The molecule has 0 unspecified atom stereocenters. The van der Waals surface area contributed by atoms with Gasteiger partial charge in [0, 0.05) is 25.2 Å². The van der Waals surface area contributed by atoms with Crippen LogP contribution < -0.4 is 15.5 Å². The number of rotatable bonds is 5. The summed E-state index contributed by atoms with van der Waals surface area (Å²) in [5.74, 6) is 0.814. The first-order valence-electron chi connectivity index (χ1n) is 7.47. The Morgan fingerprint density at radius 1 is 1.32 bits per heavy atom. The van der Waals surface area contributed by atoms with Crippen molar-refractivity contribution in [2.24, 2.45) is 0 Å². The van der Waals surface area contributed by atoms with E-state index >= 15 is 0 Å². The van der Waals surface area contributed by atoms with Crippen molar-refractivity contribution in [3.05, 3.63) is 48.2 Å². The van der Waals surface area contributed by atoms with Gasteiger partial charge in [-0.1, -0.05) is 52.9 Å². The molecule has 0 spiro atoms. The van der Waals surface area contributed by atoms with Crippen LogP contribution in [0.4, 0.5) is 11.5 Å². The predicted octanol–water partition coefficient (Wildman–Crippen LogP) is 2.82. The fourth-order valence-electron chi connectivity index (χ4n) is 2.67. The second-order valence-electron chi connectivity index (χ2n) is 5.44. The van der Waals surface area contributed by atoms with Crippen LogP contribution in [0.3, 0.4) is 0 Å². The topological polar surface area (TPSA) is 53.1 Å². The molecule has 1 aromatic carbocycles. The number of nitrogens with one attached hydrogen (secondary N) is 2. The highest BCUT2D eigenvalue weighted by atomic mass is 127. The number of halogens is 1. The zero-order valence-corrected chi connectivity index (χ0v) is 14.7. The van der Waals surface area contributed by atoms with E-state index in [-0.39, 0.29) is 4.05 Å². The summed E-state index contributed by atoms with van der Waals surface area (Å²) in [5, 5.41) is 15.1. The fourth-order valence-corrected chi connectivity index (χ4v) is 3.40. The standard InChI is InChI=1S/C16H20IN5/c1-18-13-7-8-22(11-13)14-9-15(21-19-10-14)20-16(17)12-5-3-2-4-6-12/h2-6,9-10,13,16,18H,7-8,11H2,1H3,(H,20,21)/t13-,16+/m1/s1. The predicted molar refractivity (Wildman–Crippen MR) is 98.5 cm³/mol. The van der Waals surface area contributed by atoms with Crippen LogP contribution in [0.25, 0.3) is 0 Å². The van der Waals surface area contributed by atoms with Crippen molar-refractivity contribution >= 4 is 34.1 Å². The molecule has 0 saturated carbocycles. The summed E-state index contributed by atoms with van der Waals surface area (Å²) < 4.78 is 0.173. The van der Waals surface area contributed by atoms with Crippen molar-refractivity contribution in [2.45, 2.75) is 16.5 Å². The summed E-state index contributed by atoms with van der Waals surface area (Å²) in [6.45, 7) is 2.08. The molecule has 116 valence electrons. The van der Waals surface area contributed by atoms with E-state index in [0.29, 0.717) is 6.04 Å². The summed E-state index contributed by atoms with van der Waals surface area (Å²) in [6.07, 6.45) is 3.01. The lowest BCUT2D eigenvalue weighted by Gasteiger charge is -2.19. The number of alkyl halides is 1. The maximum absolute atomic E-state index is 4.21. The van der Waals surface area contributed by atoms with Crippen molar-refractivity contribution in [2.75, 3.05) is 30.4 Å². The highest BCUT2D eigenvalue weighted by Gasteiger charge is 2.21. The van der Waals surface area contributed by atoms with E-state index in [2.05, 4.69) is 66.5 Å². The smallest absolute Gasteiger partial charge is 0.151 e. The first-order valence-corrected chi connectivity index (χ1v) is 8.71. The molecule has 1 aromatic heterocycles. The number of hydrogen-bond donors (Lipinski definition) is 2. The van der Waals surface area contributed by atoms with Gasteiger partial charge in [0.05, 0.1) is 11.9 Å². The molecule has 2 heterocycles. The van der Waals surface area contributed by atoms with E-state index in [1.807, 2.05) is 31.4 Å². The second kappa shape index (κ2) is 7.23. The minimum absolute atomic E-state index is 0.173. The summed E-state index contributed by atoms with van der Waals surface area (Å²) >= 11 is 2.38. The van der Waals surface area contributed by atoms with Gasteiger partial charge in [-0.05, 0) is 19.0 Å². The molecule has 0 radical (unpaired) electrons. The van der Waals surface area contributed by atoms with Crippen LogP contribution in [0.5, 0.6) is 0 Å². The molecule has 1 aliphatic heterocycles. The summed E-state index contributed by atoms with van der Waals surface area (Å²) in [5.41, 5.74) is 2.36. The highest BCUT2D eigenvalue weighted by Crippen LogP contribution is 2.27. The van der Waals surface area contributed by atoms with Gasteiger partial charge in [-0.25, -0.2) is 0 Å². The lowest BCUT2D eigenvalue weighted by atomic mass is 10.2. The van der Waals surface area contributed by atoms with Gasteiger partial charge in [-0.3, -0.25) is 0 Å². The van der Waals surface area contributed by atoms with Crippen LogP contribution in [0.1, 0.15) is 16.0 Å². The Balaban J connectivity index is 1.69. The zero-order chi connectivity index (χ0) is 15.4. The van der Waals surface area contributed by atoms with E-state index < -0.39 is 0 Å². The van der Waals surface area contributed by atoms with Crippen LogP contribution in [-0.2, 0) is 0 Å². The molecule has 0 bridgehead atoms. The number of hydrogen-bond acceptors (Lipinski definition) is 5. The Hall–Kier alpha value is -1.41. The number of likely N-dealkylation sites (N-methyl/N-ethyl adjacent to an activating group) is 1. The molecule has 1 saturated heterocycles. The lowest BCUT2D eigenvalue weighted by molar-refractivity contribution is 0.617. The molecule has 3 rings (SSSR count). The van der Waals surface area contributed by atoms with Gasteiger partial charge >= 0.3 is 0 Å². The van der Waals surface area contributed by atoms with E-state index in [4.69, 9.17) is 0 Å². The van der Waals surface area contributed by atoms with Gasteiger partial charge < -0.3 is 15.5 Å². The van der Waals surface area contributed by atoms with Crippen molar-refractivity contribution in [1.82, 2.24) is 15.5 Å². The third-order valence-electron chi connectivity index (χ3n) is 3.97. The molecule has 2 atom stereocenters. The average molecular weight is 409 g/mol. The Morgan fingerprint density at radius 2 is 2.14 bits per heavy atom. The first-order chi connectivity index (χ1) is 10.8. The molecule has 6 heteroatoms. The van der Waals surface area contributed by atoms with Gasteiger partial charge in [-0.2, -0.15) is 5.10 Å². The molecule has 1 aliphatic rings. The molecule has 0 amide bonds. The van der Waals surface area contributed by atoms with Gasteiger partial charge in [0.25, 0.3) is 0 Å². The molecular weight excluding hydrogens is 389 g/mol. The SMILES string of the molecule is CN[C@@H]1CCN(c2cnnc(N[C@H](I)c3ccccc3)c2)C1. The Morgan fingerprint density at radius 3 is 2.86 bits per heavy atom. The molecule has 2 aromatic rings. The van der Waals surface area contributed by atoms with Crippen LogP contribution in [0, 0.1) is 0 Å². The van der Waals surface area contributed by atoms with Gasteiger partial charge in [-0.15, -0.1) is 5.10 Å².